The Balaban J connectivity index is 2.19. The molecule has 21 heavy (non-hydrogen) atoms. The summed E-state index contributed by atoms with van der Waals surface area (Å²) in [5.41, 5.74) is 0. The lowest BCUT2D eigenvalue weighted by Gasteiger charge is -2.35. The topological polar surface area (TPSA) is 66.4 Å². The molecular weight excluding hydrogens is 268 g/mol. The molecule has 0 aromatic carbocycles. The Kier molecular flexibility index (Phi) is 5.55. The predicted octanol–water partition coefficient (Wildman–Crippen LogP) is 1.23. The standard InChI is InChI=1S/C14H26N6O/c1-5-15-12-16-13(18-14(17-12)21-6-2)20(4)11-8-7-9-19(3)10-11/h11H,5-10H2,1-4H3,(H,15,16,17,18). The normalized spacial score (nSPS) is 19.3. The van der Waals surface area contributed by atoms with Gasteiger partial charge in [-0.25, -0.2) is 0 Å². The summed E-state index contributed by atoms with van der Waals surface area (Å²) in [7, 11) is 4.20. The third kappa shape index (κ3) is 4.17. The molecule has 1 saturated heterocycles. The highest BCUT2D eigenvalue weighted by Gasteiger charge is 2.23. The van der Waals surface area contributed by atoms with Crippen molar-refractivity contribution in [3.63, 3.8) is 0 Å². The van der Waals surface area contributed by atoms with Crippen molar-refractivity contribution in [3.05, 3.63) is 0 Å². The smallest absolute Gasteiger partial charge is 0.323 e. The maximum Gasteiger partial charge on any atom is 0.323 e. The Morgan fingerprint density at radius 3 is 2.81 bits per heavy atom. The highest BCUT2D eigenvalue weighted by Crippen LogP contribution is 2.20. The van der Waals surface area contributed by atoms with Gasteiger partial charge in [-0.15, -0.1) is 0 Å². The molecule has 118 valence electrons. The van der Waals surface area contributed by atoms with Crippen LogP contribution in [0.25, 0.3) is 0 Å². The fourth-order valence-electron chi connectivity index (χ4n) is 2.55. The summed E-state index contributed by atoms with van der Waals surface area (Å²) in [5, 5.41) is 3.13. The predicted molar refractivity (Wildman–Crippen MR) is 84.1 cm³/mol. The lowest BCUT2D eigenvalue weighted by atomic mass is 10.1. The molecule has 2 rings (SSSR count). The summed E-state index contributed by atoms with van der Waals surface area (Å²) < 4.78 is 5.45. The van der Waals surface area contributed by atoms with E-state index in [4.69, 9.17) is 4.74 Å². The second kappa shape index (κ2) is 7.40. The quantitative estimate of drug-likeness (QED) is 0.846. The van der Waals surface area contributed by atoms with E-state index in [-0.39, 0.29) is 0 Å². The minimum Gasteiger partial charge on any atom is -0.464 e. The SMILES string of the molecule is CCNc1nc(OCC)nc(N(C)C2CCCN(C)C2)n1. The van der Waals surface area contributed by atoms with E-state index < -0.39 is 0 Å². The summed E-state index contributed by atoms with van der Waals surface area (Å²) in [5.74, 6) is 1.24. The molecule has 0 bridgehead atoms. The van der Waals surface area contributed by atoms with Crippen molar-refractivity contribution >= 4 is 11.9 Å². The molecule has 1 unspecified atom stereocenters. The van der Waals surface area contributed by atoms with Crippen LogP contribution in [0.1, 0.15) is 26.7 Å². The van der Waals surface area contributed by atoms with Gasteiger partial charge >= 0.3 is 6.01 Å². The number of likely N-dealkylation sites (N-methyl/N-ethyl adjacent to an activating group) is 2. The summed E-state index contributed by atoms with van der Waals surface area (Å²) >= 11 is 0. The first kappa shape index (κ1) is 15.8. The van der Waals surface area contributed by atoms with Gasteiger partial charge in [0, 0.05) is 26.2 Å². The molecule has 1 aliphatic rings. The van der Waals surface area contributed by atoms with Gasteiger partial charge in [-0.2, -0.15) is 15.0 Å². The lowest BCUT2D eigenvalue weighted by molar-refractivity contribution is 0.246. The molecule has 1 aromatic heterocycles. The van der Waals surface area contributed by atoms with E-state index in [2.05, 4.69) is 37.1 Å². The van der Waals surface area contributed by atoms with Gasteiger partial charge in [-0.05, 0) is 40.3 Å². The molecule has 1 aliphatic heterocycles. The zero-order valence-electron chi connectivity index (χ0n) is 13.5. The molecule has 0 saturated carbocycles. The van der Waals surface area contributed by atoms with Crippen molar-refractivity contribution in [1.82, 2.24) is 19.9 Å². The molecule has 0 spiro atoms. The molecule has 0 amide bonds. The Morgan fingerprint density at radius 2 is 2.14 bits per heavy atom. The van der Waals surface area contributed by atoms with Gasteiger partial charge in [0.1, 0.15) is 0 Å². The number of nitrogens with zero attached hydrogens (tertiary/aromatic N) is 5. The highest BCUT2D eigenvalue weighted by atomic mass is 16.5. The van der Waals surface area contributed by atoms with E-state index in [9.17, 15) is 0 Å². The second-order valence-corrected chi connectivity index (χ2v) is 5.37. The van der Waals surface area contributed by atoms with E-state index in [1.165, 1.54) is 6.42 Å². The van der Waals surface area contributed by atoms with Crippen molar-refractivity contribution in [2.24, 2.45) is 0 Å². The van der Waals surface area contributed by atoms with Crippen LogP contribution in [0.15, 0.2) is 0 Å². The van der Waals surface area contributed by atoms with Crippen LogP contribution in [0, 0.1) is 0 Å². The van der Waals surface area contributed by atoms with Gasteiger partial charge < -0.3 is 19.9 Å². The number of ether oxygens (including phenoxy) is 1. The first-order valence-electron chi connectivity index (χ1n) is 7.68. The maximum absolute atomic E-state index is 5.45. The van der Waals surface area contributed by atoms with E-state index in [1.807, 2.05) is 20.9 Å². The Morgan fingerprint density at radius 1 is 1.33 bits per heavy atom. The fourth-order valence-corrected chi connectivity index (χ4v) is 2.55. The number of hydrogen-bond donors (Lipinski definition) is 1. The summed E-state index contributed by atoms with van der Waals surface area (Å²) in [6, 6.07) is 0.810. The average Bonchev–Trinajstić information content (AvgIpc) is 2.47. The second-order valence-electron chi connectivity index (χ2n) is 5.37. The molecular formula is C14H26N6O. The number of anilines is 2. The Bertz CT molecular complexity index is 431. The number of likely N-dealkylation sites (tertiary alicyclic amines) is 1. The van der Waals surface area contributed by atoms with Gasteiger partial charge in [0.15, 0.2) is 0 Å². The average molecular weight is 294 g/mol. The van der Waals surface area contributed by atoms with Crippen LogP contribution < -0.4 is 15.0 Å². The Hall–Kier alpha value is -1.63. The number of rotatable bonds is 6. The third-order valence-corrected chi connectivity index (χ3v) is 3.67. The monoisotopic (exact) mass is 294 g/mol. The van der Waals surface area contributed by atoms with Crippen LogP contribution in [0.4, 0.5) is 11.9 Å². The number of nitrogens with one attached hydrogen (secondary N) is 1. The number of aromatic nitrogens is 3. The van der Waals surface area contributed by atoms with Gasteiger partial charge in [0.25, 0.3) is 0 Å². The summed E-state index contributed by atoms with van der Waals surface area (Å²) in [4.78, 5) is 17.7. The summed E-state index contributed by atoms with van der Waals surface area (Å²) in [6.45, 7) is 7.45. The van der Waals surface area contributed by atoms with Crippen LogP contribution >= 0.6 is 0 Å². The first-order chi connectivity index (χ1) is 10.1. The van der Waals surface area contributed by atoms with Crippen LogP contribution in [0.2, 0.25) is 0 Å². The van der Waals surface area contributed by atoms with E-state index in [0.29, 0.717) is 30.6 Å². The Labute approximate surface area is 126 Å². The van der Waals surface area contributed by atoms with Crippen molar-refractivity contribution in [2.75, 3.05) is 50.6 Å². The minimum absolute atomic E-state index is 0.384. The zero-order chi connectivity index (χ0) is 15.2. The zero-order valence-corrected chi connectivity index (χ0v) is 13.5. The molecule has 7 nitrogen and oxygen atoms in total. The van der Waals surface area contributed by atoms with Crippen LogP contribution in [-0.4, -0.2) is 66.2 Å². The molecule has 0 aliphatic carbocycles. The van der Waals surface area contributed by atoms with Crippen molar-refractivity contribution in [3.8, 4) is 6.01 Å². The highest BCUT2D eigenvalue weighted by molar-refractivity contribution is 5.38. The fraction of sp³-hybridized carbons (Fsp3) is 0.786. The molecule has 1 N–H and O–H groups in total. The van der Waals surface area contributed by atoms with E-state index >= 15 is 0 Å². The largest absolute Gasteiger partial charge is 0.464 e. The lowest BCUT2D eigenvalue weighted by Crippen LogP contribution is -2.45. The third-order valence-electron chi connectivity index (χ3n) is 3.67. The molecule has 1 atom stereocenters. The molecule has 1 fully saturated rings. The van der Waals surface area contributed by atoms with Crippen LogP contribution in [0.3, 0.4) is 0 Å². The molecule has 2 heterocycles. The molecule has 7 heteroatoms. The van der Waals surface area contributed by atoms with Crippen molar-refractivity contribution in [2.45, 2.75) is 32.7 Å². The van der Waals surface area contributed by atoms with Gasteiger partial charge in [-0.3, -0.25) is 0 Å². The first-order valence-corrected chi connectivity index (χ1v) is 7.68. The number of piperidine rings is 1. The number of hydrogen-bond acceptors (Lipinski definition) is 7. The molecule has 0 radical (unpaired) electrons. The van der Waals surface area contributed by atoms with Gasteiger partial charge in [0.2, 0.25) is 11.9 Å². The van der Waals surface area contributed by atoms with Crippen LogP contribution in [-0.2, 0) is 0 Å². The van der Waals surface area contributed by atoms with Gasteiger partial charge in [-0.1, -0.05) is 0 Å². The van der Waals surface area contributed by atoms with Crippen molar-refractivity contribution in [1.29, 1.82) is 0 Å². The molecule has 1 aromatic rings. The summed E-state index contributed by atoms with van der Waals surface area (Å²) in [6.07, 6.45) is 2.36. The van der Waals surface area contributed by atoms with Gasteiger partial charge in [0.05, 0.1) is 6.61 Å². The van der Waals surface area contributed by atoms with Crippen molar-refractivity contribution < 1.29 is 4.74 Å². The van der Waals surface area contributed by atoms with E-state index in [1.54, 1.807) is 0 Å². The van der Waals surface area contributed by atoms with Crippen LogP contribution in [0.5, 0.6) is 6.01 Å². The minimum atomic E-state index is 0.384. The maximum atomic E-state index is 5.45. The van der Waals surface area contributed by atoms with E-state index in [0.717, 1.165) is 26.1 Å².